The third-order valence-electron chi connectivity index (χ3n) is 3.21. The van der Waals surface area contributed by atoms with Gasteiger partial charge in [-0.3, -0.25) is 0 Å². The van der Waals surface area contributed by atoms with E-state index in [0.717, 1.165) is 19.4 Å². The second-order valence-corrected chi connectivity index (χ2v) is 6.80. The van der Waals surface area contributed by atoms with Gasteiger partial charge in [-0.2, -0.15) is 0 Å². The molecule has 0 amide bonds. The van der Waals surface area contributed by atoms with Gasteiger partial charge in [0.15, 0.2) is 0 Å². The summed E-state index contributed by atoms with van der Waals surface area (Å²) in [4.78, 5) is 2.23. The molecule has 1 rings (SSSR count). The Balaban J connectivity index is 2.34. The van der Waals surface area contributed by atoms with E-state index in [1.54, 1.807) is 6.07 Å². The van der Waals surface area contributed by atoms with Crippen molar-refractivity contribution in [1.29, 1.82) is 0 Å². The zero-order valence-corrected chi connectivity index (χ0v) is 13.2. The van der Waals surface area contributed by atoms with Gasteiger partial charge in [-0.15, -0.1) is 0 Å². The zero-order valence-electron chi connectivity index (χ0n) is 12.4. The van der Waals surface area contributed by atoms with E-state index in [9.17, 15) is 8.42 Å². The minimum Gasteiger partial charge on any atom is -0.447 e. The van der Waals surface area contributed by atoms with Gasteiger partial charge in [0.05, 0.1) is 6.54 Å². The molecule has 0 atom stereocenters. The highest BCUT2D eigenvalue weighted by atomic mass is 32.2. The smallest absolute Gasteiger partial charge is 0.273 e. The predicted octanol–water partition coefficient (Wildman–Crippen LogP) is 1.14. The average molecular weight is 303 g/mol. The van der Waals surface area contributed by atoms with Crippen molar-refractivity contribution in [1.82, 2.24) is 9.62 Å². The molecule has 20 heavy (non-hydrogen) atoms. The van der Waals surface area contributed by atoms with Crippen molar-refractivity contribution < 1.29 is 12.8 Å². The first kappa shape index (κ1) is 17.2. The number of unbranched alkanes of at least 4 members (excludes halogenated alkanes) is 1. The molecular formula is C13H25N3O3S. The minimum absolute atomic E-state index is 0.0720. The first-order valence-electron chi connectivity index (χ1n) is 6.85. The van der Waals surface area contributed by atoms with Crippen molar-refractivity contribution in [3.63, 3.8) is 0 Å². The van der Waals surface area contributed by atoms with Crippen LogP contribution >= 0.6 is 0 Å². The maximum Gasteiger partial charge on any atom is 0.273 e. The summed E-state index contributed by atoms with van der Waals surface area (Å²) in [6.07, 6.45) is 1.74. The van der Waals surface area contributed by atoms with Gasteiger partial charge < -0.3 is 15.1 Å². The Labute approximate surface area is 121 Å². The molecule has 0 aliphatic rings. The summed E-state index contributed by atoms with van der Waals surface area (Å²) in [5, 5.41) is -0.0720. The third kappa shape index (κ3) is 5.24. The third-order valence-corrected chi connectivity index (χ3v) is 4.55. The molecular weight excluding hydrogens is 278 g/mol. The Morgan fingerprint density at radius 3 is 2.60 bits per heavy atom. The van der Waals surface area contributed by atoms with Crippen molar-refractivity contribution >= 4 is 10.0 Å². The molecule has 0 saturated heterocycles. The molecule has 0 fully saturated rings. The van der Waals surface area contributed by atoms with E-state index in [1.165, 1.54) is 6.07 Å². The van der Waals surface area contributed by atoms with Crippen LogP contribution in [0.25, 0.3) is 0 Å². The Morgan fingerprint density at radius 1 is 1.35 bits per heavy atom. The Kier molecular flexibility index (Phi) is 6.67. The molecule has 0 aliphatic heterocycles. The first-order valence-corrected chi connectivity index (χ1v) is 8.34. The number of nitrogens with two attached hydrogens (primary N) is 1. The van der Waals surface area contributed by atoms with Gasteiger partial charge in [0.1, 0.15) is 5.76 Å². The lowest BCUT2D eigenvalue weighted by atomic mass is 10.2. The normalized spacial score (nSPS) is 12.5. The fraction of sp³-hybridized carbons (Fsp3) is 0.692. The van der Waals surface area contributed by atoms with E-state index in [4.69, 9.17) is 10.2 Å². The summed E-state index contributed by atoms with van der Waals surface area (Å²) in [5.74, 6) is 0.462. The molecule has 1 aromatic rings. The Hall–Kier alpha value is -0.890. The number of sulfonamides is 1. The van der Waals surface area contributed by atoms with Gasteiger partial charge in [-0.05, 0) is 52.4 Å². The van der Waals surface area contributed by atoms with Gasteiger partial charge in [0.25, 0.3) is 10.0 Å². The molecule has 1 heterocycles. The van der Waals surface area contributed by atoms with Crippen LogP contribution in [0.15, 0.2) is 21.6 Å². The number of furan rings is 1. The standard InChI is InChI=1S/C13H25N3O3S/c1-11(2)16(3)9-5-4-8-15-20(17,18)13-7-6-12(10-14)19-13/h6-7,11,15H,4-5,8-10,14H2,1-3H3. The van der Waals surface area contributed by atoms with E-state index in [1.807, 2.05) is 0 Å². The quantitative estimate of drug-likeness (QED) is 0.668. The van der Waals surface area contributed by atoms with Crippen molar-refractivity contribution in [3.05, 3.63) is 17.9 Å². The molecule has 1 aromatic heterocycles. The van der Waals surface area contributed by atoms with Crippen LogP contribution in [0.1, 0.15) is 32.4 Å². The van der Waals surface area contributed by atoms with Crippen molar-refractivity contribution in [2.24, 2.45) is 5.73 Å². The molecule has 116 valence electrons. The van der Waals surface area contributed by atoms with Crippen LogP contribution in [0, 0.1) is 0 Å². The predicted molar refractivity (Wildman–Crippen MR) is 78.8 cm³/mol. The van der Waals surface area contributed by atoms with Crippen LogP contribution in [0.2, 0.25) is 0 Å². The number of nitrogens with zero attached hydrogens (tertiary/aromatic N) is 1. The lowest BCUT2D eigenvalue weighted by molar-refractivity contribution is 0.268. The lowest BCUT2D eigenvalue weighted by Crippen LogP contribution is -2.29. The summed E-state index contributed by atoms with van der Waals surface area (Å²) < 4.78 is 31.5. The summed E-state index contributed by atoms with van der Waals surface area (Å²) in [7, 11) is -1.49. The second-order valence-electron chi connectivity index (χ2n) is 5.10. The molecule has 0 aromatic carbocycles. The Morgan fingerprint density at radius 2 is 2.05 bits per heavy atom. The topological polar surface area (TPSA) is 88.6 Å². The largest absolute Gasteiger partial charge is 0.447 e. The Bertz CT molecular complexity index is 497. The van der Waals surface area contributed by atoms with E-state index in [-0.39, 0.29) is 11.6 Å². The van der Waals surface area contributed by atoms with Crippen LogP contribution in [-0.2, 0) is 16.6 Å². The highest BCUT2D eigenvalue weighted by Gasteiger charge is 2.17. The monoisotopic (exact) mass is 303 g/mol. The van der Waals surface area contributed by atoms with Crippen LogP contribution < -0.4 is 10.5 Å². The van der Waals surface area contributed by atoms with Gasteiger partial charge in [-0.1, -0.05) is 0 Å². The van der Waals surface area contributed by atoms with Crippen LogP contribution in [-0.4, -0.2) is 39.5 Å². The van der Waals surface area contributed by atoms with Crippen molar-refractivity contribution in [2.45, 2.75) is 44.4 Å². The molecule has 0 spiro atoms. The number of hydrogen-bond acceptors (Lipinski definition) is 5. The number of rotatable bonds is 9. The maximum absolute atomic E-state index is 11.9. The molecule has 6 nitrogen and oxygen atoms in total. The molecule has 0 aliphatic carbocycles. The maximum atomic E-state index is 11.9. The van der Waals surface area contributed by atoms with Gasteiger partial charge >= 0.3 is 0 Å². The highest BCUT2D eigenvalue weighted by Crippen LogP contribution is 2.13. The molecule has 0 unspecified atom stereocenters. The van der Waals surface area contributed by atoms with Gasteiger partial charge in [0, 0.05) is 12.6 Å². The van der Waals surface area contributed by atoms with Gasteiger partial charge in [-0.25, -0.2) is 13.1 Å². The highest BCUT2D eigenvalue weighted by molar-refractivity contribution is 7.89. The van der Waals surface area contributed by atoms with E-state index in [0.29, 0.717) is 18.3 Å². The lowest BCUT2D eigenvalue weighted by Gasteiger charge is -2.20. The summed E-state index contributed by atoms with van der Waals surface area (Å²) in [6, 6.07) is 3.51. The van der Waals surface area contributed by atoms with Crippen LogP contribution in [0.5, 0.6) is 0 Å². The van der Waals surface area contributed by atoms with Crippen LogP contribution in [0.4, 0.5) is 0 Å². The molecule has 0 saturated carbocycles. The minimum atomic E-state index is -3.55. The number of hydrogen-bond donors (Lipinski definition) is 2. The molecule has 0 bridgehead atoms. The van der Waals surface area contributed by atoms with E-state index < -0.39 is 10.0 Å². The molecule has 3 N–H and O–H groups in total. The van der Waals surface area contributed by atoms with Crippen LogP contribution in [0.3, 0.4) is 0 Å². The first-order chi connectivity index (χ1) is 9.36. The molecule has 7 heteroatoms. The van der Waals surface area contributed by atoms with Crippen molar-refractivity contribution in [3.8, 4) is 0 Å². The van der Waals surface area contributed by atoms with E-state index >= 15 is 0 Å². The molecule has 0 radical (unpaired) electrons. The van der Waals surface area contributed by atoms with Gasteiger partial charge in [0.2, 0.25) is 5.09 Å². The fourth-order valence-electron chi connectivity index (χ4n) is 1.63. The summed E-state index contributed by atoms with van der Waals surface area (Å²) in [5.41, 5.74) is 5.39. The fourth-order valence-corrected chi connectivity index (χ4v) is 2.65. The second kappa shape index (κ2) is 7.78. The summed E-state index contributed by atoms with van der Waals surface area (Å²) >= 11 is 0. The van der Waals surface area contributed by atoms with E-state index in [2.05, 4.69) is 30.5 Å². The van der Waals surface area contributed by atoms with Crippen molar-refractivity contribution in [2.75, 3.05) is 20.1 Å². The zero-order chi connectivity index (χ0) is 15.2. The average Bonchev–Trinajstić information content (AvgIpc) is 2.87. The SMILES string of the molecule is CC(C)N(C)CCCCNS(=O)(=O)c1ccc(CN)o1. The number of nitrogens with one attached hydrogen (secondary N) is 1. The summed E-state index contributed by atoms with van der Waals surface area (Å²) in [6.45, 7) is 5.82.